The van der Waals surface area contributed by atoms with Gasteiger partial charge in [0.1, 0.15) is 5.52 Å². The monoisotopic (exact) mass is 216 g/mol. The van der Waals surface area contributed by atoms with Crippen molar-refractivity contribution in [3.8, 4) is 0 Å². The number of nitrogens with zero attached hydrogens (tertiary/aromatic N) is 1. The fourth-order valence-electron chi connectivity index (χ4n) is 2.45. The fourth-order valence-corrected chi connectivity index (χ4v) is 2.45. The summed E-state index contributed by atoms with van der Waals surface area (Å²) in [4.78, 5) is 4.13. The summed E-state index contributed by atoms with van der Waals surface area (Å²) in [6, 6.07) is 6.35. The molecule has 1 aromatic heterocycles. The summed E-state index contributed by atoms with van der Waals surface area (Å²) in [6.07, 6.45) is 5.25. The van der Waals surface area contributed by atoms with Crippen LogP contribution in [-0.4, -0.2) is 18.1 Å². The normalized spacial score (nSPS) is 18.0. The maximum absolute atomic E-state index is 5.32. The van der Waals surface area contributed by atoms with Crippen molar-refractivity contribution in [1.82, 2.24) is 10.3 Å². The number of oxazole rings is 1. The zero-order valence-corrected chi connectivity index (χ0v) is 9.28. The Labute approximate surface area is 94.9 Å². The molecular formula is C13H16N2O. The molecule has 84 valence electrons. The smallest absolute Gasteiger partial charge is 0.181 e. The second-order valence-electron chi connectivity index (χ2n) is 4.55. The predicted molar refractivity (Wildman–Crippen MR) is 63.3 cm³/mol. The summed E-state index contributed by atoms with van der Waals surface area (Å²) < 4.78 is 5.32. The lowest BCUT2D eigenvalue weighted by Gasteiger charge is -2.22. The highest BCUT2D eigenvalue weighted by molar-refractivity contribution is 5.72. The molecule has 0 aliphatic carbocycles. The minimum absolute atomic E-state index is 0.821. The van der Waals surface area contributed by atoms with Gasteiger partial charge in [0.2, 0.25) is 0 Å². The third-order valence-electron chi connectivity index (χ3n) is 3.38. The highest BCUT2D eigenvalue weighted by Crippen LogP contribution is 2.21. The quantitative estimate of drug-likeness (QED) is 0.837. The Kier molecular flexibility index (Phi) is 2.62. The summed E-state index contributed by atoms with van der Waals surface area (Å²) in [7, 11) is 0. The van der Waals surface area contributed by atoms with Gasteiger partial charge in [-0.2, -0.15) is 0 Å². The van der Waals surface area contributed by atoms with Gasteiger partial charge in [-0.25, -0.2) is 4.98 Å². The van der Waals surface area contributed by atoms with Gasteiger partial charge in [0.15, 0.2) is 12.0 Å². The maximum atomic E-state index is 5.32. The SMILES string of the molecule is c1nc2ccc(CC3CCNCC3)cc2o1. The zero-order valence-electron chi connectivity index (χ0n) is 9.28. The summed E-state index contributed by atoms with van der Waals surface area (Å²) in [5.41, 5.74) is 3.23. The molecule has 1 aliphatic heterocycles. The minimum Gasteiger partial charge on any atom is -0.443 e. The molecule has 0 saturated carbocycles. The molecule has 3 heteroatoms. The molecule has 0 amide bonds. The van der Waals surface area contributed by atoms with E-state index >= 15 is 0 Å². The van der Waals surface area contributed by atoms with Gasteiger partial charge in [0.25, 0.3) is 0 Å². The summed E-state index contributed by atoms with van der Waals surface area (Å²) >= 11 is 0. The molecule has 2 heterocycles. The number of rotatable bonds is 2. The molecule has 1 fully saturated rings. The van der Waals surface area contributed by atoms with E-state index in [0.717, 1.165) is 30.1 Å². The Balaban J connectivity index is 1.77. The molecule has 1 aliphatic rings. The third kappa shape index (κ3) is 1.95. The molecule has 1 saturated heterocycles. The Morgan fingerprint density at radius 3 is 3.06 bits per heavy atom. The molecule has 0 atom stereocenters. The molecule has 0 radical (unpaired) electrons. The molecule has 2 aromatic rings. The van der Waals surface area contributed by atoms with E-state index in [1.54, 1.807) is 0 Å². The van der Waals surface area contributed by atoms with Gasteiger partial charge in [-0.15, -0.1) is 0 Å². The first-order valence-corrected chi connectivity index (χ1v) is 5.95. The average molecular weight is 216 g/mol. The first-order valence-electron chi connectivity index (χ1n) is 5.95. The van der Waals surface area contributed by atoms with E-state index in [9.17, 15) is 0 Å². The standard InChI is InChI=1S/C13H16N2O/c1-2-12-13(16-9-15-12)8-11(1)7-10-3-5-14-6-4-10/h1-2,8-10,14H,3-7H2. The van der Waals surface area contributed by atoms with Crippen molar-refractivity contribution in [2.24, 2.45) is 5.92 Å². The van der Waals surface area contributed by atoms with Crippen molar-refractivity contribution >= 4 is 11.1 Å². The summed E-state index contributed by atoms with van der Waals surface area (Å²) in [5.74, 6) is 0.821. The molecule has 1 aromatic carbocycles. The van der Waals surface area contributed by atoms with Crippen LogP contribution in [0, 0.1) is 5.92 Å². The van der Waals surface area contributed by atoms with Crippen molar-refractivity contribution < 1.29 is 4.42 Å². The van der Waals surface area contributed by atoms with Crippen molar-refractivity contribution in [3.63, 3.8) is 0 Å². The van der Waals surface area contributed by atoms with E-state index in [4.69, 9.17) is 4.42 Å². The largest absolute Gasteiger partial charge is 0.443 e. The number of hydrogen-bond donors (Lipinski definition) is 1. The predicted octanol–water partition coefficient (Wildman–Crippen LogP) is 2.37. The van der Waals surface area contributed by atoms with E-state index in [0.29, 0.717) is 0 Å². The van der Waals surface area contributed by atoms with E-state index in [2.05, 4.69) is 28.5 Å². The van der Waals surface area contributed by atoms with Crippen LogP contribution in [-0.2, 0) is 6.42 Å². The molecule has 16 heavy (non-hydrogen) atoms. The number of aromatic nitrogens is 1. The second kappa shape index (κ2) is 4.26. The lowest BCUT2D eigenvalue weighted by molar-refractivity contribution is 0.372. The number of piperidine rings is 1. The molecule has 3 rings (SSSR count). The van der Waals surface area contributed by atoms with Crippen LogP contribution in [0.15, 0.2) is 29.0 Å². The third-order valence-corrected chi connectivity index (χ3v) is 3.38. The van der Waals surface area contributed by atoms with Gasteiger partial charge in [0.05, 0.1) is 0 Å². The highest BCUT2D eigenvalue weighted by Gasteiger charge is 2.13. The van der Waals surface area contributed by atoms with Crippen LogP contribution in [0.25, 0.3) is 11.1 Å². The van der Waals surface area contributed by atoms with Crippen LogP contribution >= 0.6 is 0 Å². The lowest BCUT2D eigenvalue weighted by atomic mass is 9.91. The van der Waals surface area contributed by atoms with Gasteiger partial charge >= 0.3 is 0 Å². The minimum atomic E-state index is 0.821. The first-order chi connectivity index (χ1) is 7.92. The number of benzene rings is 1. The first kappa shape index (κ1) is 9.85. The van der Waals surface area contributed by atoms with E-state index in [-0.39, 0.29) is 0 Å². The molecule has 3 nitrogen and oxygen atoms in total. The lowest BCUT2D eigenvalue weighted by Crippen LogP contribution is -2.28. The summed E-state index contributed by atoms with van der Waals surface area (Å²) in [5, 5.41) is 3.40. The van der Waals surface area contributed by atoms with Crippen LogP contribution in [0.4, 0.5) is 0 Å². The highest BCUT2D eigenvalue weighted by atomic mass is 16.3. The van der Waals surface area contributed by atoms with Crippen molar-refractivity contribution in [3.05, 3.63) is 30.2 Å². The van der Waals surface area contributed by atoms with Crippen molar-refractivity contribution in [2.75, 3.05) is 13.1 Å². The second-order valence-corrected chi connectivity index (χ2v) is 4.55. The van der Waals surface area contributed by atoms with Crippen LogP contribution < -0.4 is 5.32 Å². The van der Waals surface area contributed by atoms with Gasteiger partial charge < -0.3 is 9.73 Å². The zero-order chi connectivity index (χ0) is 10.8. The van der Waals surface area contributed by atoms with Gasteiger partial charge in [-0.1, -0.05) is 6.07 Å². The van der Waals surface area contributed by atoms with Crippen LogP contribution in [0.2, 0.25) is 0 Å². The van der Waals surface area contributed by atoms with Crippen LogP contribution in [0.3, 0.4) is 0 Å². The van der Waals surface area contributed by atoms with Crippen molar-refractivity contribution in [2.45, 2.75) is 19.3 Å². The van der Waals surface area contributed by atoms with Gasteiger partial charge in [-0.3, -0.25) is 0 Å². The number of hydrogen-bond acceptors (Lipinski definition) is 3. The molecular weight excluding hydrogens is 200 g/mol. The van der Waals surface area contributed by atoms with E-state index in [1.165, 1.54) is 31.2 Å². The topological polar surface area (TPSA) is 38.1 Å². The fraction of sp³-hybridized carbons (Fsp3) is 0.462. The van der Waals surface area contributed by atoms with Crippen molar-refractivity contribution in [1.29, 1.82) is 0 Å². The molecule has 1 N–H and O–H groups in total. The number of nitrogens with one attached hydrogen (secondary N) is 1. The van der Waals surface area contributed by atoms with Gasteiger partial charge in [-0.05, 0) is 56.0 Å². The Morgan fingerprint density at radius 1 is 1.31 bits per heavy atom. The van der Waals surface area contributed by atoms with Gasteiger partial charge in [0, 0.05) is 0 Å². The van der Waals surface area contributed by atoms with Crippen LogP contribution in [0.5, 0.6) is 0 Å². The Bertz CT molecular complexity index is 471. The number of fused-ring (bicyclic) bond motifs is 1. The van der Waals surface area contributed by atoms with Crippen LogP contribution in [0.1, 0.15) is 18.4 Å². The maximum Gasteiger partial charge on any atom is 0.181 e. The Morgan fingerprint density at radius 2 is 2.19 bits per heavy atom. The molecule has 0 unspecified atom stereocenters. The molecule has 0 bridgehead atoms. The summed E-state index contributed by atoms with van der Waals surface area (Å²) in [6.45, 7) is 2.32. The average Bonchev–Trinajstić information content (AvgIpc) is 2.77. The van der Waals surface area contributed by atoms with E-state index < -0.39 is 0 Å². The van der Waals surface area contributed by atoms with E-state index in [1.807, 2.05) is 0 Å². The molecule has 0 spiro atoms. The Hall–Kier alpha value is -1.35.